The molecule has 1 aromatic carbocycles. The first-order chi connectivity index (χ1) is 13.0. The van der Waals surface area contributed by atoms with Crippen molar-refractivity contribution in [2.75, 3.05) is 7.11 Å². The van der Waals surface area contributed by atoms with Gasteiger partial charge in [0.2, 0.25) is 0 Å². The van der Waals surface area contributed by atoms with Crippen molar-refractivity contribution in [2.45, 2.75) is 82.9 Å². The highest BCUT2D eigenvalue weighted by atomic mass is 28.4. The summed E-state index contributed by atoms with van der Waals surface area (Å²) >= 11 is 0. The smallest absolute Gasteiger partial charge is 0.305 e. The Bertz CT molecular complexity index is 724. The number of aryl methyl sites for hydroxylation is 1. The summed E-state index contributed by atoms with van der Waals surface area (Å²) in [6.45, 7) is 10.9. The highest BCUT2D eigenvalue weighted by molar-refractivity contribution is 6.74. The maximum Gasteiger partial charge on any atom is 0.305 e. The second-order valence-electron chi connectivity index (χ2n) is 9.67. The summed E-state index contributed by atoms with van der Waals surface area (Å²) in [6, 6.07) is 6.17. The zero-order valence-corrected chi connectivity index (χ0v) is 19.0. The van der Waals surface area contributed by atoms with Gasteiger partial charge in [-0.1, -0.05) is 39.0 Å². The molecule has 4 unspecified atom stereocenters. The van der Waals surface area contributed by atoms with Crippen LogP contribution in [-0.2, 0) is 20.4 Å². The largest absolute Gasteiger partial charge is 0.489 e. The van der Waals surface area contributed by atoms with Crippen LogP contribution in [0.25, 0.3) is 0 Å². The molecule has 6 heteroatoms. The van der Waals surface area contributed by atoms with Gasteiger partial charge in [-0.15, -0.1) is 0 Å². The van der Waals surface area contributed by atoms with Gasteiger partial charge >= 0.3 is 5.97 Å². The standard InChI is InChI=1S/C22H34O5Si/c1-22(2,3)28(5,6)27-21(24)15-12-17-16-9-7-8-14(10-11-19(23)25-4)20(16)26-18(17)13-15/h7-9,15,17-18,21,24H,10-13H2,1-6H3. The molecule has 28 heavy (non-hydrogen) atoms. The van der Waals surface area contributed by atoms with E-state index < -0.39 is 14.6 Å². The fraction of sp³-hybridized carbons (Fsp3) is 0.682. The molecule has 4 atom stereocenters. The lowest BCUT2D eigenvalue weighted by molar-refractivity contribution is -0.140. The number of hydrogen-bond donors (Lipinski definition) is 1. The Balaban J connectivity index is 1.68. The van der Waals surface area contributed by atoms with E-state index in [0.717, 1.165) is 24.2 Å². The maximum absolute atomic E-state index is 11.5. The van der Waals surface area contributed by atoms with E-state index in [4.69, 9.17) is 13.9 Å². The van der Waals surface area contributed by atoms with Crippen LogP contribution in [0.1, 0.15) is 57.1 Å². The molecule has 1 saturated carbocycles. The van der Waals surface area contributed by atoms with E-state index in [2.05, 4.69) is 39.9 Å². The minimum Gasteiger partial charge on any atom is -0.489 e. The Morgan fingerprint density at radius 2 is 2.04 bits per heavy atom. The SMILES string of the molecule is COC(=O)CCc1cccc2c1OC1CC(C(O)O[Si](C)(C)C(C)(C)C)CC21. The monoisotopic (exact) mass is 406 g/mol. The summed E-state index contributed by atoms with van der Waals surface area (Å²) in [6.07, 6.45) is 1.99. The fourth-order valence-corrected chi connectivity index (χ4v) is 5.18. The van der Waals surface area contributed by atoms with Crippen LogP contribution in [0, 0.1) is 5.92 Å². The van der Waals surface area contributed by atoms with Crippen molar-refractivity contribution in [2.24, 2.45) is 5.92 Å². The average molecular weight is 407 g/mol. The van der Waals surface area contributed by atoms with Gasteiger partial charge in [0.15, 0.2) is 8.32 Å². The van der Waals surface area contributed by atoms with Gasteiger partial charge < -0.3 is 19.0 Å². The zero-order valence-electron chi connectivity index (χ0n) is 18.0. The van der Waals surface area contributed by atoms with E-state index in [1.807, 2.05) is 12.1 Å². The maximum atomic E-state index is 11.5. The van der Waals surface area contributed by atoms with Gasteiger partial charge in [0.1, 0.15) is 18.1 Å². The summed E-state index contributed by atoms with van der Waals surface area (Å²) < 4.78 is 17.3. The summed E-state index contributed by atoms with van der Waals surface area (Å²) in [7, 11) is -0.599. The van der Waals surface area contributed by atoms with Crippen LogP contribution in [0.4, 0.5) is 0 Å². The number of hydrogen-bond acceptors (Lipinski definition) is 5. The van der Waals surface area contributed by atoms with Gasteiger partial charge in [0, 0.05) is 23.8 Å². The molecular formula is C22H34O5Si. The Hall–Kier alpha value is -1.37. The summed E-state index contributed by atoms with van der Waals surface area (Å²) in [4.78, 5) is 11.5. The zero-order chi connectivity index (χ0) is 20.7. The third kappa shape index (κ3) is 4.14. The average Bonchev–Trinajstić information content (AvgIpc) is 3.16. The molecule has 1 N–H and O–H groups in total. The molecule has 1 heterocycles. The highest BCUT2D eigenvalue weighted by Crippen LogP contribution is 2.52. The second-order valence-corrected chi connectivity index (χ2v) is 14.4. The van der Waals surface area contributed by atoms with Crippen molar-refractivity contribution in [3.63, 3.8) is 0 Å². The Labute approximate surface area is 169 Å². The van der Waals surface area contributed by atoms with Crippen molar-refractivity contribution in [3.05, 3.63) is 29.3 Å². The van der Waals surface area contributed by atoms with Gasteiger partial charge in [-0.25, -0.2) is 0 Å². The van der Waals surface area contributed by atoms with Gasteiger partial charge in [-0.05, 0) is 43.0 Å². The number of aliphatic hydroxyl groups is 1. The van der Waals surface area contributed by atoms with E-state index >= 15 is 0 Å². The molecular weight excluding hydrogens is 372 g/mol. The molecule has 0 bridgehead atoms. The van der Waals surface area contributed by atoms with Crippen molar-refractivity contribution in [3.8, 4) is 5.75 Å². The molecule has 1 aliphatic heterocycles. The lowest BCUT2D eigenvalue weighted by atomic mass is 9.94. The normalized spacial score (nSPS) is 25.0. The fourth-order valence-electron chi connectivity index (χ4n) is 4.03. The number of benzene rings is 1. The number of carbonyl (C=O) groups excluding carboxylic acids is 1. The summed E-state index contributed by atoms with van der Waals surface area (Å²) in [5.74, 6) is 1.10. The van der Waals surface area contributed by atoms with Crippen molar-refractivity contribution in [1.82, 2.24) is 0 Å². The number of carbonyl (C=O) groups is 1. The third-order valence-electron chi connectivity index (χ3n) is 6.79. The van der Waals surface area contributed by atoms with Crippen LogP contribution in [0.5, 0.6) is 5.75 Å². The lowest BCUT2D eigenvalue weighted by Gasteiger charge is -2.39. The molecule has 0 amide bonds. The molecule has 5 nitrogen and oxygen atoms in total. The minimum absolute atomic E-state index is 0.0695. The van der Waals surface area contributed by atoms with Gasteiger partial charge in [0.05, 0.1) is 7.11 Å². The molecule has 0 saturated heterocycles. The van der Waals surface area contributed by atoms with Crippen LogP contribution in [0.3, 0.4) is 0 Å². The Kier molecular flexibility index (Phi) is 5.95. The van der Waals surface area contributed by atoms with Crippen LogP contribution in [0.15, 0.2) is 18.2 Å². The number of fused-ring (bicyclic) bond motifs is 3. The van der Waals surface area contributed by atoms with E-state index in [9.17, 15) is 9.90 Å². The van der Waals surface area contributed by atoms with Crippen LogP contribution in [-0.4, -0.2) is 38.9 Å². The number of methoxy groups -OCH3 is 1. The molecule has 156 valence electrons. The van der Waals surface area contributed by atoms with Gasteiger partial charge in [0.25, 0.3) is 0 Å². The molecule has 0 spiro atoms. The van der Waals surface area contributed by atoms with Crippen molar-refractivity contribution in [1.29, 1.82) is 0 Å². The first-order valence-corrected chi connectivity index (χ1v) is 13.2. The first-order valence-electron chi connectivity index (χ1n) is 10.2. The molecule has 2 aliphatic rings. The topological polar surface area (TPSA) is 65.0 Å². The lowest BCUT2D eigenvalue weighted by Crippen LogP contribution is -2.45. The van der Waals surface area contributed by atoms with E-state index in [-0.39, 0.29) is 28.9 Å². The third-order valence-corrected chi connectivity index (χ3v) is 11.2. The first kappa shape index (κ1) is 21.3. The second kappa shape index (κ2) is 7.80. The van der Waals surface area contributed by atoms with E-state index in [1.54, 1.807) is 0 Å². The summed E-state index contributed by atoms with van der Waals surface area (Å²) in [5, 5.41) is 10.9. The number of esters is 1. The predicted molar refractivity (Wildman–Crippen MR) is 111 cm³/mol. The van der Waals surface area contributed by atoms with Gasteiger partial charge in [-0.2, -0.15) is 0 Å². The number of rotatable bonds is 6. The predicted octanol–water partition coefficient (Wildman–Crippen LogP) is 4.39. The van der Waals surface area contributed by atoms with Crippen LogP contribution >= 0.6 is 0 Å². The molecule has 1 aliphatic carbocycles. The van der Waals surface area contributed by atoms with Crippen molar-refractivity contribution >= 4 is 14.3 Å². The number of ether oxygens (including phenoxy) is 2. The highest BCUT2D eigenvalue weighted by Gasteiger charge is 2.48. The van der Waals surface area contributed by atoms with Crippen molar-refractivity contribution < 1.29 is 23.8 Å². The van der Waals surface area contributed by atoms with Crippen LogP contribution < -0.4 is 4.74 Å². The Morgan fingerprint density at radius 3 is 2.68 bits per heavy atom. The molecule has 3 rings (SSSR count). The minimum atomic E-state index is -2.01. The quantitative estimate of drug-likeness (QED) is 0.431. The molecule has 0 radical (unpaired) electrons. The summed E-state index contributed by atoms with van der Waals surface area (Å²) in [5.41, 5.74) is 2.27. The molecule has 0 aromatic heterocycles. The molecule has 1 aromatic rings. The molecule has 1 fully saturated rings. The number of aliphatic hydroxyl groups excluding tert-OH is 1. The van der Waals surface area contributed by atoms with Gasteiger partial charge in [-0.3, -0.25) is 4.79 Å². The van der Waals surface area contributed by atoms with Crippen LogP contribution in [0.2, 0.25) is 18.1 Å². The Morgan fingerprint density at radius 1 is 1.32 bits per heavy atom. The van der Waals surface area contributed by atoms with E-state index in [0.29, 0.717) is 12.8 Å². The van der Waals surface area contributed by atoms with E-state index in [1.165, 1.54) is 12.7 Å². The number of para-hydroxylation sites is 1.